The van der Waals surface area contributed by atoms with Crippen molar-refractivity contribution in [2.75, 3.05) is 13.1 Å². The first-order valence-electron chi connectivity index (χ1n) is 9.81. The van der Waals surface area contributed by atoms with Crippen LogP contribution in [-0.4, -0.2) is 47.6 Å². The average Bonchev–Trinajstić information content (AvgIpc) is 2.69. The number of ether oxygens (including phenoxy) is 1. The highest BCUT2D eigenvalue weighted by molar-refractivity contribution is 6.00. The van der Waals surface area contributed by atoms with Gasteiger partial charge in [-0.2, -0.15) is 0 Å². The summed E-state index contributed by atoms with van der Waals surface area (Å²) < 4.78 is 5.64. The molecule has 0 aromatic heterocycles. The highest BCUT2D eigenvalue weighted by Crippen LogP contribution is 2.24. The molecule has 7 nitrogen and oxygen atoms in total. The number of piperidine rings is 2. The molecule has 1 aromatic carbocycles. The zero-order valence-corrected chi connectivity index (χ0v) is 16.1. The zero-order valence-electron chi connectivity index (χ0n) is 16.1. The molecule has 0 aliphatic carbocycles. The van der Waals surface area contributed by atoms with E-state index in [-0.39, 0.29) is 24.0 Å². The summed E-state index contributed by atoms with van der Waals surface area (Å²) in [5, 5.41) is 2.26. The lowest BCUT2D eigenvalue weighted by Crippen LogP contribution is -2.46. The molecule has 0 radical (unpaired) electrons. The van der Waals surface area contributed by atoms with Crippen molar-refractivity contribution in [2.24, 2.45) is 5.92 Å². The van der Waals surface area contributed by atoms with Crippen molar-refractivity contribution in [3.8, 4) is 5.75 Å². The molecule has 3 rings (SSSR count). The van der Waals surface area contributed by atoms with Crippen molar-refractivity contribution in [1.29, 1.82) is 0 Å². The summed E-state index contributed by atoms with van der Waals surface area (Å²) in [6, 6.07) is 6.75. The largest absolute Gasteiger partial charge is 0.481 e. The molecule has 7 heteroatoms. The van der Waals surface area contributed by atoms with E-state index in [1.807, 2.05) is 4.90 Å². The van der Waals surface area contributed by atoms with Crippen LogP contribution >= 0.6 is 0 Å². The highest BCUT2D eigenvalue weighted by Gasteiger charge is 2.28. The van der Waals surface area contributed by atoms with Crippen molar-refractivity contribution in [3.63, 3.8) is 0 Å². The summed E-state index contributed by atoms with van der Waals surface area (Å²) in [5.41, 5.74) is 0.581. The van der Waals surface area contributed by atoms with Gasteiger partial charge in [-0.1, -0.05) is 0 Å². The third-order valence-corrected chi connectivity index (χ3v) is 5.37. The molecule has 2 aliphatic rings. The molecular formula is C21H26N2O5. The molecule has 1 N–H and O–H groups in total. The molecule has 2 saturated heterocycles. The third kappa shape index (κ3) is 5.18. The third-order valence-electron chi connectivity index (χ3n) is 5.37. The summed E-state index contributed by atoms with van der Waals surface area (Å²) in [4.78, 5) is 48.6. The molecule has 2 fully saturated rings. The van der Waals surface area contributed by atoms with Gasteiger partial charge < -0.3 is 14.4 Å². The number of imide groups is 1. The second-order valence-electron chi connectivity index (χ2n) is 7.56. The van der Waals surface area contributed by atoms with Crippen LogP contribution in [0, 0.1) is 5.92 Å². The van der Waals surface area contributed by atoms with Crippen molar-refractivity contribution in [3.05, 3.63) is 29.8 Å². The van der Waals surface area contributed by atoms with E-state index in [4.69, 9.17) is 4.74 Å². The number of amides is 3. The second-order valence-corrected chi connectivity index (χ2v) is 7.56. The molecule has 0 saturated carbocycles. The van der Waals surface area contributed by atoms with Crippen LogP contribution in [0.5, 0.6) is 5.75 Å². The number of carbonyl (C=O) groups is 4. The standard InChI is InChI=1S/C21H26N2O5/c1-14(24)2-3-15-10-12-23(13-11-15)21(27)16-4-6-17(7-5-16)28-18-8-9-19(25)22-20(18)26/h4-7,15,18H,2-3,8-13H2,1H3,(H,22,25,26). The number of hydrogen-bond donors (Lipinski definition) is 1. The molecule has 1 unspecified atom stereocenters. The Morgan fingerprint density at radius 2 is 1.79 bits per heavy atom. The lowest BCUT2D eigenvalue weighted by atomic mass is 9.91. The monoisotopic (exact) mass is 386 g/mol. The SMILES string of the molecule is CC(=O)CCC1CCN(C(=O)c2ccc(OC3CCC(=O)NC3=O)cc2)CC1. The van der Waals surface area contributed by atoms with Crippen LogP contribution in [0.15, 0.2) is 24.3 Å². The molecular weight excluding hydrogens is 360 g/mol. The Labute approximate surface area is 164 Å². The van der Waals surface area contributed by atoms with E-state index in [0.717, 1.165) is 19.3 Å². The molecule has 1 aromatic rings. The number of nitrogens with zero attached hydrogens (tertiary/aromatic N) is 1. The topological polar surface area (TPSA) is 92.8 Å². The van der Waals surface area contributed by atoms with Gasteiger partial charge in [0.15, 0.2) is 6.10 Å². The Morgan fingerprint density at radius 3 is 2.39 bits per heavy atom. The van der Waals surface area contributed by atoms with Crippen LogP contribution < -0.4 is 10.1 Å². The van der Waals surface area contributed by atoms with Crippen molar-refractivity contribution >= 4 is 23.5 Å². The Hall–Kier alpha value is -2.70. The van der Waals surface area contributed by atoms with E-state index in [2.05, 4.69) is 5.32 Å². The average molecular weight is 386 g/mol. The first-order valence-corrected chi connectivity index (χ1v) is 9.81. The maximum Gasteiger partial charge on any atom is 0.267 e. The molecule has 0 spiro atoms. The molecule has 0 bridgehead atoms. The molecule has 28 heavy (non-hydrogen) atoms. The number of nitrogens with one attached hydrogen (secondary N) is 1. The van der Waals surface area contributed by atoms with E-state index in [9.17, 15) is 19.2 Å². The van der Waals surface area contributed by atoms with E-state index in [1.54, 1.807) is 31.2 Å². The first-order chi connectivity index (χ1) is 13.4. The summed E-state index contributed by atoms with van der Waals surface area (Å²) in [7, 11) is 0. The number of Topliss-reactive ketones (excluding diaryl/α,β-unsaturated/α-hetero) is 1. The number of hydrogen-bond acceptors (Lipinski definition) is 5. The summed E-state index contributed by atoms with van der Waals surface area (Å²) >= 11 is 0. The number of benzene rings is 1. The van der Waals surface area contributed by atoms with Gasteiger partial charge in [-0.15, -0.1) is 0 Å². The Bertz CT molecular complexity index is 751. The molecule has 2 heterocycles. The van der Waals surface area contributed by atoms with Gasteiger partial charge in [0.25, 0.3) is 11.8 Å². The molecule has 1 atom stereocenters. The van der Waals surface area contributed by atoms with Crippen LogP contribution in [0.1, 0.15) is 55.8 Å². The fraction of sp³-hybridized carbons (Fsp3) is 0.524. The van der Waals surface area contributed by atoms with Crippen molar-refractivity contribution in [1.82, 2.24) is 10.2 Å². The van der Waals surface area contributed by atoms with Gasteiger partial charge in [-0.05, 0) is 56.4 Å². The summed E-state index contributed by atoms with van der Waals surface area (Å²) in [5.74, 6) is 0.502. The van der Waals surface area contributed by atoms with E-state index in [0.29, 0.717) is 43.2 Å². The van der Waals surface area contributed by atoms with Gasteiger partial charge in [0.05, 0.1) is 0 Å². The van der Waals surface area contributed by atoms with E-state index >= 15 is 0 Å². The summed E-state index contributed by atoms with van der Waals surface area (Å²) in [6.45, 7) is 3.03. The minimum absolute atomic E-state index is 0.0161. The van der Waals surface area contributed by atoms with Crippen molar-refractivity contribution in [2.45, 2.75) is 51.6 Å². The fourth-order valence-corrected chi connectivity index (χ4v) is 3.64. The van der Waals surface area contributed by atoms with Crippen LogP contribution in [-0.2, 0) is 14.4 Å². The van der Waals surface area contributed by atoms with E-state index in [1.165, 1.54) is 0 Å². The van der Waals surface area contributed by atoms with Gasteiger partial charge in [-0.25, -0.2) is 0 Å². The Kier molecular flexibility index (Phi) is 6.44. The predicted octanol–water partition coefficient (Wildman–Crippen LogP) is 2.09. The van der Waals surface area contributed by atoms with Crippen LogP contribution in [0.3, 0.4) is 0 Å². The Morgan fingerprint density at radius 1 is 1.11 bits per heavy atom. The first kappa shape index (κ1) is 20.0. The smallest absolute Gasteiger partial charge is 0.267 e. The minimum Gasteiger partial charge on any atom is -0.481 e. The van der Waals surface area contributed by atoms with Crippen LogP contribution in [0.25, 0.3) is 0 Å². The van der Waals surface area contributed by atoms with Crippen LogP contribution in [0.4, 0.5) is 0 Å². The van der Waals surface area contributed by atoms with Crippen LogP contribution in [0.2, 0.25) is 0 Å². The predicted molar refractivity (Wildman–Crippen MR) is 102 cm³/mol. The van der Waals surface area contributed by atoms with Gasteiger partial charge in [0.2, 0.25) is 5.91 Å². The van der Waals surface area contributed by atoms with Crippen molar-refractivity contribution < 1.29 is 23.9 Å². The number of ketones is 1. The molecule has 150 valence electrons. The van der Waals surface area contributed by atoms with Gasteiger partial charge in [0, 0.05) is 37.9 Å². The fourth-order valence-electron chi connectivity index (χ4n) is 3.64. The quantitative estimate of drug-likeness (QED) is 0.756. The number of likely N-dealkylation sites (tertiary alicyclic amines) is 1. The lowest BCUT2D eigenvalue weighted by molar-refractivity contribution is -0.138. The number of carbonyl (C=O) groups excluding carboxylic acids is 4. The molecule has 3 amide bonds. The highest BCUT2D eigenvalue weighted by atomic mass is 16.5. The normalized spacial score (nSPS) is 20.6. The maximum absolute atomic E-state index is 12.7. The summed E-state index contributed by atoms with van der Waals surface area (Å²) in [6.07, 6.45) is 3.30. The Balaban J connectivity index is 1.51. The van der Waals surface area contributed by atoms with Gasteiger partial charge in [-0.3, -0.25) is 19.7 Å². The van der Waals surface area contributed by atoms with Gasteiger partial charge in [0.1, 0.15) is 11.5 Å². The number of rotatable bonds is 6. The minimum atomic E-state index is -0.687. The van der Waals surface area contributed by atoms with E-state index < -0.39 is 12.0 Å². The van der Waals surface area contributed by atoms with Gasteiger partial charge >= 0.3 is 0 Å². The lowest BCUT2D eigenvalue weighted by Gasteiger charge is -2.32. The second kappa shape index (κ2) is 8.99. The zero-order chi connectivity index (χ0) is 20.1. The maximum atomic E-state index is 12.7. The molecule has 2 aliphatic heterocycles.